The van der Waals surface area contributed by atoms with Crippen LogP contribution in [-0.4, -0.2) is 31.4 Å². The van der Waals surface area contributed by atoms with Crippen molar-refractivity contribution in [1.82, 2.24) is 9.78 Å². The fourth-order valence-electron chi connectivity index (χ4n) is 9.78. The third-order valence-corrected chi connectivity index (χ3v) is 10.8. The lowest BCUT2D eigenvalue weighted by Crippen LogP contribution is -2.52. The quantitative estimate of drug-likeness (QED) is 0.756. The zero-order valence-corrected chi connectivity index (χ0v) is 19.2. The first-order valence-electron chi connectivity index (χ1n) is 12.7. The summed E-state index contributed by atoms with van der Waals surface area (Å²) in [5.74, 6) is 6.30. The number of rotatable bonds is 3. The first-order valence-corrected chi connectivity index (χ1v) is 12.7. The van der Waals surface area contributed by atoms with E-state index in [1.54, 1.807) is 10.9 Å². The van der Waals surface area contributed by atoms with Crippen molar-refractivity contribution in [3.63, 3.8) is 0 Å². The van der Waals surface area contributed by atoms with Gasteiger partial charge < -0.3 is 10.2 Å². The molecule has 2 N–H and O–H groups in total. The maximum absolute atomic E-state index is 13.6. The van der Waals surface area contributed by atoms with E-state index in [0.29, 0.717) is 29.5 Å². The van der Waals surface area contributed by atoms with Crippen LogP contribution in [0.3, 0.4) is 0 Å². The van der Waals surface area contributed by atoms with E-state index in [-0.39, 0.29) is 23.6 Å². The average molecular weight is 427 g/mol. The van der Waals surface area contributed by atoms with Gasteiger partial charge in [0.25, 0.3) is 0 Å². The molecule has 0 bridgehead atoms. The topological polar surface area (TPSA) is 75.4 Å². The van der Waals surface area contributed by atoms with Gasteiger partial charge in [0.1, 0.15) is 0 Å². The lowest BCUT2D eigenvalue weighted by Gasteiger charge is -2.58. The zero-order valence-electron chi connectivity index (χ0n) is 19.2. The second kappa shape index (κ2) is 6.59. The second-order valence-corrected chi connectivity index (χ2v) is 12.5. The van der Waals surface area contributed by atoms with Gasteiger partial charge in [-0.2, -0.15) is 5.10 Å². The molecule has 6 rings (SSSR count). The predicted molar refractivity (Wildman–Crippen MR) is 117 cm³/mol. The third kappa shape index (κ3) is 2.91. The molecular weight excluding hydrogens is 388 g/mol. The molecule has 0 spiro atoms. The first kappa shape index (κ1) is 20.3. The molecule has 11 atom stereocenters. The number of Topliss-reactive ketones (excluding diaryl/α,β-unsaturated/α-hetero) is 1. The number of fused-ring (bicyclic) bond motifs is 7. The minimum atomic E-state index is -0.459. The Morgan fingerprint density at radius 3 is 2.65 bits per heavy atom. The molecule has 5 fully saturated rings. The summed E-state index contributed by atoms with van der Waals surface area (Å²) in [4.78, 5) is 13.6. The molecule has 5 aliphatic carbocycles. The Kier molecular flexibility index (Phi) is 4.30. The van der Waals surface area contributed by atoms with E-state index >= 15 is 0 Å². The minimum Gasteiger partial charge on any atom is -0.505 e. The van der Waals surface area contributed by atoms with Crippen LogP contribution in [0.25, 0.3) is 0 Å². The molecule has 1 heterocycles. The van der Waals surface area contributed by atoms with Gasteiger partial charge in [0.2, 0.25) is 0 Å². The van der Waals surface area contributed by atoms with Gasteiger partial charge in [-0.25, -0.2) is 0 Å². The number of hydrogen-bond acceptors (Lipinski definition) is 4. The van der Waals surface area contributed by atoms with Crippen LogP contribution in [0.4, 0.5) is 0 Å². The van der Waals surface area contributed by atoms with E-state index in [0.717, 1.165) is 36.5 Å². The van der Waals surface area contributed by atoms with Crippen molar-refractivity contribution in [2.75, 3.05) is 0 Å². The van der Waals surface area contributed by atoms with Crippen LogP contribution in [0.15, 0.2) is 12.4 Å². The predicted octanol–water partition coefficient (Wildman–Crippen LogP) is 4.28. The van der Waals surface area contributed by atoms with Gasteiger partial charge in [-0.15, -0.1) is 0 Å². The second-order valence-electron chi connectivity index (χ2n) is 12.5. The van der Waals surface area contributed by atoms with Crippen molar-refractivity contribution in [3.8, 4) is 5.75 Å². The largest absolute Gasteiger partial charge is 0.505 e. The highest BCUT2D eigenvalue weighted by atomic mass is 16.3. The van der Waals surface area contributed by atoms with Crippen molar-refractivity contribution in [2.24, 2.45) is 58.7 Å². The van der Waals surface area contributed by atoms with Crippen LogP contribution in [0.5, 0.6) is 5.75 Å². The van der Waals surface area contributed by atoms with Crippen molar-refractivity contribution in [2.45, 2.75) is 77.9 Å². The molecule has 0 aliphatic heterocycles. The highest BCUT2D eigenvalue weighted by Crippen LogP contribution is 2.76. The Hall–Kier alpha value is -1.36. The van der Waals surface area contributed by atoms with E-state index in [4.69, 9.17) is 0 Å². The molecule has 0 aromatic carbocycles. The number of carbonyl (C=O) groups excluding carboxylic acids is 1. The van der Waals surface area contributed by atoms with Crippen molar-refractivity contribution < 1.29 is 15.0 Å². The fraction of sp³-hybridized carbons (Fsp3) is 0.846. The first-order chi connectivity index (χ1) is 14.7. The van der Waals surface area contributed by atoms with Crippen LogP contribution in [0, 0.1) is 58.7 Å². The maximum Gasteiger partial charge on any atom is 0.158 e. The maximum atomic E-state index is 13.6. The Morgan fingerprint density at radius 1 is 1.13 bits per heavy atom. The number of aromatic hydroxyl groups is 1. The molecule has 5 heteroatoms. The van der Waals surface area contributed by atoms with Gasteiger partial charge in [-0.1, -0.05) is 13.8 Å². The van der Waals surface area contributed by atoms with Crippen LogP contribution < -0.4 is 0 Å². The summed E-state index contributed by atoms with van der Waals surface area (Å²) in [6, 6.07) is 0. The molecule has 5 nitrogen and oxygen atoms in total. The van der Waals surface area contributed by atoms with Gasteiger partial charge in [0.15, 0.2) is 11.5 Å². The van der Waals surface area contributed by atoms with Crippen molar-refractivity contribution in [3.05, 3.63) is 12.4 Å². The Bertz CT molecular complexity index is 893. The van der Waals surface area contributed by atoms with Crippen molar-refractivity contribution in [1.29, 1.82) is 0 Å². The van der Waals surface area contributed by atoms with Gasteiger partial charge >= 0.3 is 0 Å². The summed E-state index contributed by atoms with van der Waals surface area (Å²) < 4.78 is 1.61. The minimum absolute atomic E-state index is 0.127. The van der Waals surface area contributed by atoms with Gasteiger partial charge in [0, 0.05) is 5.92 Å². The molecule has 0 unspecified atom stereocenters. The zero-order chi connectivity index (χ0) is 21.7. The summed E-state index contributed by atoms with van der Waals surface area (Å²) in [5.41, 5.74) is -0.332. The molecule has 5 saturated carbocycles. The Balaban J connectivity index is 1.26. The smallest absolute Gasteiger partial charge is 0.158 e. The number of ketones is 1. The Morgan fingerprint density at radius 2 is 1.90 bits per heavy atom. The SMILES string of the molecule is C[C@H]1[C@@H]2[C@H]1[C@H](C(=O)Cn1cc(O)cn1)[C@@]1(C)CC[C@H]3[C@@H](CC[C@@H]4C[C@](C)(O)CC[C@@H]43)[C@H]21. The van der Waals surface area contributed by atoms with Gasteiger partial charge in [0.05, 0.1) is 24.5 Å². The molecule has 5 aliphatic rings. The Labute approximate surface area is 185 Å². The molecule has 1 aromatic rings. The number of nitrogens with zero attached hydrogens (tertiary/aromatic N) is 2. The summed E-state index contributed by atoms with van der Waals surface area (Å²) in [6.45, 7) is 7.14. The van der Waals surface area contributed by atoms with Crippen LogP contribution >= 0.6 is 0 Å². The number of carbonyl (C=O) groups is 1. The molecule has 0 amide bonds. The summed E-state index contributed by atoms with van der Waals surface area (Å²) in [6.07, 6.45) is 11.1. The normalized spacial score (nSPS) is 52.6. The highest BCUT2D eigenvalue weighted by Gasteiger charge is 2.73. The summed E-state index contributed by atoms with van der Waals surface area (Å²) >= 11 is 0. The lowest BCUT2D eigenvalue weighted by molar-refractivity contribution is -0.137. The molecule has 0 radical (unpaired) electrons. The van der Waals surface area contributed by atoms with E-state index < -0.39 is 5.60 Å². The van der Waals surface area contributed by atoms with E-state index in [1.807, 2.05) is 6.92 Å². The average Bonchev–Trinajstić information content (AvgIpc) is 3.03. The van der Waals surface area contributed by atoms with Crippen LogP contribution in [0.1, 0.15) is 65.7 Å². The molecule has 0 saturated heterocycles. The van der Waals surface area contributed by atoms with Crippen LogP contribution in [0.2, 0.25) is 0 Å². The molecular formula is C26H38N2O3. The third-order valence-electron chi connectivity index (χ3n) is 10.8. The molecule has 1 aromatic heterocycles. The van der Waals surface area contributed by atoms with E-state index in [2.05, 4.69) is 18.9 Å². The highest BCUT2D eigenvalue weighted by molar-refractivity contribution is 5.83. The van der Waals surface area contributed by atoms with E-state index in [1.165, 1.54) is 38.3 Å². The van der Waals surface area contributed by atoms with E-state index in [9.17, 15) is 15.0 Å². The molecule has 170 valence electrons. The van der Waals surface area contributed by atoms with Crippen molar-refractivity contribution >= 4 is 5.78 Å². The molecule has 31 heavy (non-hydrogen) atoms. The number of aliphatic hydroxyl groups is 1. The van der Waals surface area contributed by atoms with Crippen LogP contribution in [-0.2, 0) is 11.3 Å². The fourth-order valence-corrected chi connectivity index (χ4v) is 9.78. The standard InChI is InChI=1S/C26H38N2O3/c1-14-21-22(14)24(20(30)13-28-12-16(29)11-27-28)26(3)9-7-18-17-6-8-25(2,31)10-15(17)4-5-19(18)23(21)26/h11-12,14-15,17-19,21-24,29,31H,4-10,13H2,1-3H3/t14-,15+,17-,18+,19+,21+,22-,23+,24-,25+,26-/m0/s1. The monoisotopic (exact) mass is 426 g/mol. The lowest BCUT2D eigenvalue weighted by atomic mass is 9.47. The van der Waals surface area contributed by atoms with Gasteiger partial charge in [-0.05, 0) is 105 Å². The number of hydrogen-bond donors (Lipinski definition) is 2. The number of aromatic nitrogens is 2. The summed E-state index contributed by atoms with van der Waals surface area (Å²) in [5, 5.41) is 24.4. The van der Waals surface area contributed by atoms with Gasteiger partial charge in [-0.3, -0.25) is 9.48 Å². The summed E-state index contributed by atoms with van der Waals surface area (Å²) in [7, 11) is 0.